The molecule has 2 aromatic carbocycles. The number of ether oxygens (including phenoxy) is 1. The van der Waals surface area contributed by atoms with Crippen molar-refractivity contribution >= 4 is 16.7 Å². The van der Waals surface area contributed by atoms with Crippen molar-refractivity contribution in [3.05, 3.63) is 41.2 Å². The first kappa shape index (κ1) is 26.6. The van der Waals surface area contributed by atoms with Gasteiger partial charge in [-0.15, -0.1) is 0 Å². The summed E-state index contributed by atoms with van der Waals surface area (Å²) < 4.78 is 37.5. The van der Waals surface area contributed by atoms with Crippen LogP contribution in [-0.4, -0.2) is 76.6 Å². The van der Waals surface area contributed by atoms with Crippen molar-refractivity contribution in [3.8, 4) is 22.9 Å². The number of hydrogen-bond acceptors (Lipinski definition) is 7. The Balaban J connectivity index is 1.23. The van der Waals surface area contributed by atoms with Crippen LogP contribution in [0.15, 0.2) is 24.3 Å². The van der Waals surface area contributed by atoms with Gasteiger partial charge in [0.1, 0.15) is 29.9 Å². The molecule has 7 nitrogen and oxygen atoms in total. The maximum absolute atomic E-state index is 16.8. The number of aryl methyl sites for hydroxylation is 1. The van der Waals surface area contributed by atoms with Gasteiger partial charge in [-0.2, -0.15) is 9.97 Å². The third-order valence-corrected chi connectivity index (χ3v) is 10.7. The van der Waals surface area contributed by atoms with E-state index in [1.54, 1.807) is 6.07 Å². The second-order valence-corrected chi connectivity index (χ2v) is 13.3. The summed E-state index contributed by atoms with van der Waals surface area (Å²) in [7, 11) is 0. The lowest BCUT2D eigenvalue weighted by atomic mass is 9.89. The molecule has 9 heteroatoms. The predicted octanol–water partition coefficient (Wildman–Crippen LogP) is 5.48. The lowest BCUT2D eigenvalue weighted by Gasteiger charge is -2.34. The Morgan fingerprint density at radius 1 is 1.10 bits per heavy atom. The Kier molecular flexibility index (Phi) is 6.34. The van der Waals surface area contributed by atoms with Crippen LogP contribution in [0.1, 0.15) is 68.9 Å². The highest BCUT2D eigenvalue weighted by molar-refractivity contribution is 5.94. The average Bonchev–Trinajstić information content (AvgIpc) is 3.73. The fourth-order valence-electron chi connectivity index (χ4n) is 8.75. The van der Waals surface area contributed by atoms with E-state index in [1.165, 1.54) is 0 Å². The number of nitrogens with one attached hydrogen (secondary N) is 1. The zero-order valence-corrected chi connectivity index (χ0v) is 24.2. The van der Waals surface area contributed by atoms with E-state index in [4.69, 9.17) is 14.7 Å². The highest BCUT2D eigenvalue weighted by atomic mass is 19.1. The summed E-state index contributed by atoms with van der Waals surface area (Å²) in [6.07, 6.45) is 6.61. The third kappa shape index (κ3) is 4.26. The Labute approximate surface area is 245 Å². The van der Waals surface area contributed by atoms with Gasteiger partial charge in [-0.25, -0.2) is 8.78 Å². The summed E-state index contributed by atoms with van der Waals surface area (Å²) in [5.41, 5.74) is 3.32. The molecule has 8 rings (SSSR count). The molecule has 222 valence electrons. The van der Waals surface area contributed by atoms with E-state index < -0.39 is 12.0 Å². The van der Waals surface area contributed by atoms with Crippen LogP contribution in [0.25, 0.3) is 22.0 Å². The van der Waals surface area contributed by atoms with Crippen LogP contribution in [0.4, 0.5) is 14.6 Å². The zero-order chi connectivity index (χ0) is 28.6. The number of aromatic hydroxyl groups is 1. The highest BCUT2D eigenvalue weighted by Crippen LogP contribution is 2.46. The molecule has 4 fully saturated rings. The van der Waals surface area contributed by atoms with E-state index in [1.807, 2.05) is 18.2 Å². The summed E-state index contributed by atoms with van der Waals surface area (Å²) in [6, 6.07) is 8.21. The third-order valence-electron chi connectivity index (χ3n) is 10.7. The van der Waals surface area contributed by atoms with Crippen LogP contribution in [0, 0.1) is 5.82 Å². The molecule has 0 radical (unpaired) electrons. The van der Waals surface area contributed by atoms with Crippen molar-refractivity contribution < 1.29 is 18.6 Å². The van der Waals surface area contributed by atoms with Gasteiger partial charge >= 0.3 is 6.01 Å². The second-order valence-electron chi connectivity index (χ2n) is 13.3. The number of fused-ring (bicyclic) bond motifs is 5. The summed E-state index contributed by atoms with van der Waals surface area (Å²) >= 11 is 0. The summed E-state index contributed by atoms with van der Waals surface area (Å²) in [5.74, 6) is 0.772. The molecular weight excluding hydrogens is 536 g/mol. The molecule has 3 aromatic rings. The van der Waals surface area contributed by atoms with Crippen LogP contribution < -0.4 is 15.0 Å². The number of nitrogens with zero attached hydrogens (tertiary/aromatic N) is 4. The molecule has 4 saturated heterocycles. The standard InChI is InChI=1S/C33H39F2N5O2/c1-2-19-4-5-20-12-24(41)13-27(28(19)20)25-8-9-26-30(29(25)35)37-32(38-31(26)39-16-22-6-7-23(17-39)36-22)42-18-33-10-3-11-40(33)15-21(34)14-33/h8-9,12-13,19,21-23,36,41H,2-7,10-11,14-18H2,1H3/t19?,21-,22-,23+,33+/m1/s1. The Hall–Kier alpha value is -3.04. The number of anilines is 1. The van der Waals surface area contributed by atoms with Gasteiger partial charge in [0.15, 0.2) is 5.82 Å². The van der Waals surface area contributed by atoms with E-state index in [2.05, 4.69) is 22.0 Å². The maximum Gasteiger partial charge on any atom is 0.319 e. The number of hydrogen-bond donors (Lipinski definition) is 2. The molecule has 2 bridgehead atoms. The SMILES string of the molecule is CCC1CCc2cc(O)cc(-c3ccc4c(N5C[C@H]6CC[C@@H](C5)N6)nc(OC[C@@]56CCCN5C[C@H](F)C6)nc4c3F)c21. The monoisotopic (exact) mass is 575 g/mol. The van der Waals surface area contributed by atoms with Crippen LogP contribution in [0.2, 0.25) is 0 Å². The predicted molar refractivity (Wildman–Crippen MR) is 159 cm³/mol. The van der Waals surface area contributed by atoms with Gasteiger partial charge in [0.05, 0.1) is 5.54 Å². The molecule has 4 aliphatic heterocycles. The smallest absolute Gasteiger partial charge is 0.319 e. The molecule has 1 aromatic heterocycles. The molecule has 0 amide bonds. The van der Waals surface area contributed by atoms with Gasteiger partial charge in [0, 0.05) is 49.1 Å². The van der Waals surface area contributed by atoms with E-state index in [0.717, 1.165) is 81.3 Å². The van der Waals surface area contributed by atoms with Gasteiger partial charge in [-0.05, 0) is 92.3 Å². The summed E-state index contributed by atoms with van der Waals surface area (Å²) in [4.78, 5) is 14.0. The molecule has 1 unspecified atom stereocenters. The number of halogens is 2. The molecule has 1 aliphatic carbocycles. The van der Waals surface area contributed by atoms with Crippen molar-refractivity contribution in [2.24, 2.45) is 0 Å². The first-order chi connectivity index (χ1) is 20.4. The molecule has 5 heterocycles. The van der Waals surface area contributed by atoms with Gasteiger partial charge < -0.3 is 20.1 Å². The Bertz CT molecular complexity index is 1540. The molecule has 5 aliphatic rings. The molecule has 0 spiro atoms. The lowest BCUT2D eigenvalue weighted by molar-refractivity contribution is 0.107. The minimum atomic E-state index is -0.853. The van der Waals surface area contributed by atoms with E-state index in [-0.39, 0.29) is 22.8 Å². The fourth-order valence-corrected chi connectivity index (χ4v) is 8.75. The number of aromatic nitrogens is 2. The number of phenols is 1. The molecule has 0 saturated carbocycles. The highest BCUT2D eigenvalue weighted by Gasteiger charge is 2.49. The van der Waals surface area contributed by atoms with Gasteiger partial charge in [0.25, 0.3) is 0 Å². The van der Waals surface area contributed by atoms with Crippen molar-refractivity contribution in [1.82, 2.24) is 20.2 Å². The minimum Gasteiger partial charge on any atom is -0.508 e. The van der Waals surface area contributed by atoms with Crippen molar-refractivity contribution in [3.63, 3.8) is 0 Å². The summed E-state index contributed by atoms with van der Waals surface area (Å²) in [6.45, 7) is 5.38. The van der Waals surface area contributed by atoms with Gasteiger partial charge in [-0.1, -0.05) is 13.0 Å². The second kappa shape index (κ2) is 10.0. The van der Waals surface area contributed by atoms with Crippen molar-refractivity contribution in [1.29, 1.82) is 0 Å². The number of rotatable bonds is 6. The average molecular weight is 576 g/mol. The minimum absolute atomic E-state index is 0.149. The van der Waals surface area contributed by atoms with E-state index >= 15 is 4.39 Å². The van der Waals surface area contributed by atoms with Crippen LogP contribution in [0.5, 0.6) is 11.8 Å². The van der Waals surface area contributed by atoms with Gasteiger partial charge in [-0.3, -0.25) is 4.90 Å². The largest absolute Gasteiger partial charge is 0.508 e. The number of piperazine rings is 1. The zero-order valence-electron chi connectivity index (χ0n) is 24.2. The fraction of sp³-hybridized carbons (Fsp3) is 0.576. The topological polar surface area (TPSA) is 73.8 Å². The van der Waals surface area contributed by atoms with Crippen LogP contribution in [0.3, 0.4) is 0 Å². The number of benzene rings is 2. The Morgan fingerprint density at radius 2 is 1.93 bits per heavy atom. The number of phenolic OH excluding ortho intramolecular Hbond substituents is 1. The maximum atomic E-state index is 16.8. The van der Waals surface area contributed by atoms with Crippen molar-refractivity contribution in [2.45, 2.75) is 88.0 Å². The summed E-state index contributed by atoms with van der Waals surface area (Å²) in [5, 5.41) is 14.9. The molecule has 5 atom stereocenters. The quantitative estimate of drug-likeness (QED) is 0.404. The van der Waals surface area contributed by atoms with Crippen molar-refractivity contribution in [2.75, 3.05) is 37.7 Å². The molecule has 2 N–H and O–H groups in total. The lowest BCUT2D eigenvalue weighted by Crippen LogP contribution is -2.51. The van der Waals surface area contributed by atoms with E-state index in [9.17, 15) is 9.50 Å². The first-order valence-corrected chi connectivity index (χ1v) is 15.8. The Morgan fingerprint density at radius 3 is 2.74 bits per heavy atom. The van der Waals surface area contributed by atoms with E-state index in [0.29, 0.717) is 54.3 Å². The molecule has 42 heavy (non-hydrogen) atoms. The first-order valence-electron chi connectivity index (χ1n) is 15.8. The van der Waals surface area contributed by atoms with Gasteiger partial charge in [0.2, 0.25) is 0 Å². The number of alkyl halides is 1. The van der Waals surface area contributed by atoms with Crippen LogP contribution in [-0.2, 0) is 6.42 Å². The van der Waals surface area contributed by atoms with Crippen LogP contribution >= 0.6 is 0 Å². The normalized spacial score (nSPS) is 30.3. The molecular formula is C33H39F2N5O2.